The summed E-state index contributed by atoms with van der Waals surface area (Å²) in [4.78, 5) is 3.97. The van der Waals surface area contributed by atoms with Crippen molar-refractivity contribution in [2.24, 2.45) is 0 Å². The molecule has 5 heteroatoms. The third-order valence-electron chi connectivity index (χ3n) is 1.34. The highest BCUT2D eigenvalue weighted by atomic mass is 127. The van der Waals surface area contributed by atoms with Crippen LogP contribution in [0.2, 0.25) is 5.15 Å². The third kappa shape index (κ3) is 6.93. The van der Waals surface area contributed by atoms with E-state index in [9.17, 15) is 0 Å². The van der Waals surface area contributed by atoms with Gasteiger partial charge in [-0.15, -0.1) is 0 Å². The average Bonchev–Trinajstić information content (AvgIpc) is 2.24. The molecule has 0 saturated carbocycles. The highest BCUT2D eigenvalue weighted by molar-refractivity contribution is 14.2. The van der Waals surface area contributed by atoms with E-state index in [2.05, 4.69) is 27.0 Å². The number of hydrogen-bond donors (Lipinski definition) is 0. The lowest BCUT2D eigenvalue weighted by Gasteiger charge is -1.99. The maximum atomic E-state index is 5.63. The molecule has 0 spiro atoms. The molecule has 0 radical (unpaired) electrons. The van der Waals surface area contributed by atoms with Crippen LogP contribution in [0.4, 0.5) is 0 Å². The summed E-state index contributed by atoms with van der Waals surface area (Å²) in [5.74, 6) is 0. The third-order valence-corrected chi connectivity index (χ3v) is 2.81. The molecule has 0 aliphatic heterocycles. The monoisotopic (exact) mass is 345 g/mol. The Morgan fingerprint density at radius 2 is 2.21 bits per heavy atom. The van der Waals surface area contributed by atoms with Crippen molar-refractivity contribution in [3.63, 3.8) is 0 Å². The van der Waals surface area contributed by atoms with Gasteiger partial charge in [-0.3, -0.25) is 0 Å². The maximum Gasteiger partial charge on any atom is 0.129 e. The number of nitrogens with zero attached hydrogens (tertiary/aromatic N) is 1. The number of halogens is 2. The van der Waals surface area contributed by atoms with E-state index in [4.69, 9.17) is 16.1 Å². The number of pyridine rings is 1. The fourth-order valence-electron chi connectivity index (χ4n) is 0.762. The minimum absolute atomic E-state index is 0.531. The molecule has 0 aliphatic rings. The van der Waals surface area contributed by atoms with Crippen LogP contribution in [0.5, 0.6) is 0 Å². The van der Waals surface area contributed by atoms with Crippen LogP contribution in [0.25, 0.3) is 0 Å². The molecule has 1 atom stereocenters. The summed E-state index contributed by atoms with van der Waals surface area (Å²) in [6.45, 7) is 5.29. The zero-order chi connectivity index (χ0) is 10.8. The Morgan fingerprint density at radius 1 is 1.50 bits per heavy atom. The second-order valence-corrected chi connectivity index (χ2v) is 4.32. The molecule has 1 aromatic rings. The predicted molar refractivity (Wildman–Crippen MR) is 72.6 cm³/mol. The molecule has 1 rings (SSSR count). The van der Waals surface area contributed by atoms with Crippen molar-refractivity contribution in [3.8, 4) is 0 Å². The SMILES string of the molecule is CC.Clc1ccc(CCOPI)cn1. The van der Waals surface area contributed by atoms with Crippen LogP contribution in [0, 0.1) is 0 Å². The summed E-state index contributed by atoms with van der Waals surface area (Å²) in [7, 11) is 0. The minimum atomic E-state index is 0.531. The van der Waals surface area contributed by atoms with Gasteiger partial charge in [0, 0.05) is 6.20 Å². The van der Waals surface area contributed by atoms with E-state index in [1.165, 1.54) is 0 Å². The highest BCUT2D eigenvalue weighted by Crippen LogP contribution is 2.21. The maximum absolute atomic E-state index is 5.63. The largest absolute Gasteiger partial charge is 0.351 e. The van der Waals surface area contributed by atoms with Gasteiger partial charge in [0.05, 0.1) is 13.1 Å². The smallest absolute Gasteiger partial charge is 0.129 e. The van der Waals surface area contributed by atoms with Crippen molar-refractivity contribution in [2.45, 2.75) is 20.3 Å². The summed E-state index contributed by atoms with van der Waals surface area (Å²) >= 11 is 7.84. The van der Waals surface area contributed by atoms with E-state index in [1.807, 2.05) is 19.9 Å². The Labute approximate surface area is 105 Å². The summed E-state index contributed by atoms with van der Waals surface area (Å²) in [5.41, 5.74) is 1.16. The molecule has 1 aromatic heterocycles. The van der Waals surface area contributed by atoms with Crippen molar-refractivity contribution < 1.29 is 4.52 Å². The van der Waals surface area contributed by atoms with E-state index in [1.54, 1.807) is 12.3 Å². The van der Waals surface area contributed by atoms with Crippen molar-refractivity contribution in [2.75, 3.05) is 6.61 Å². The van der Waals surface area contributed by atoms with Crippen molar-refractivity contribution in [1.29, 1.82) is 0 Å². The van der Waals surface area contributed by atoms with Crippen LogP contribution in [0.3, 0.4) is 0 Å². The first-order chi connectivity index (χ1) is 6.83. The van der Waals surface area contributed by atoms with Crippen LogP contribution in [-0.2, 0) is 10.9 Å². The lowest BCUT2D eigenvalue weighted by atomic mass is 10.2. The molecule has 2 nitrogen and oxygen atoms in total. The number of rotatable bonds is 4. The Balaban J connectivity index is 0.000000791. The van der Waals surface area contributed by atoms with Crippen molar-refractivity contribution in [3.05, 3.63) is 29.0 Å². The lowest BCUT2D eigenvalue weighted by Crippen LogP contribution is -1.92. The van der Waals surface area contributed by atoms with Crippen LogP contribution in [-0.4, -0.2) is 11.6 Å². The van der Waals surface area contributed by atoms with E-state index < -0.39 is 0 Å². The van der Waals surface area contributed by atoms with Gasteiger partial charge in [0.15, 0.2) is 0 Å². The zero-order valence-electron chi connectivity index (χ0n) is 8.26. The molecule has 1 heterocycles. The number of hydrogen-bond acceptors (Lipinski definition) is 2. The second-order valence-electron chi connectivity index (χ2n) is 2.16. The summed E-state index contributed by atoms with van der Waals surface area (Å²) < 4.78 is 5.22. The first-order valence-corrected chi connectivity index (χ1v) is 8.81. The Kier molecular flexibility index (Phi) is 10.5. The normalized spacial score (nSPS) is 10.0. The van der Waals surface area contributed by atoms with Gasteiger partial charge in [0.1, 0.15) is 5.15 Å². The lowest BCUT2D eigenvalue weighted by molar-refractivity contribution is 0.376. The van der Waals surface area contributed by atoms with Gasteiger partial charge in [0.2, 0.25) is 0 Å². The fourth-order valence-corrected chi connectivity index (χ4v) is 1.71. The summed E-state index contributed by atoms with van der Waals surface area (Å²) in [6, 6.07) is 3.76. The van der Waals surface area contributed by atoms with E-state index >= 15 is 0 Å². The van der Waals surface area contributed by atoms with Crippen LogP contribution < -0.4 is 0 Å². The van der Waals surface area contributed by atoms with Crippen molar-refractivity contribution >= 4 is 40.1 Å². The molecule has 0 N–H and O–H groups in total. The molecule has 0 aromatic carbocycles. The van der Waals surface area contributed by atoms with Gasteiger partial charge in [-0.2, -0.15) is 0 Å². The highest BCUT2D eigenvalue weighted by Gasteiger charge is 1.93. The standard InChI is InChI=1S/C7H8ClINOP.C2H6/c8-7-2-1-6(5-10-7)3-4-11-12-9;1-2/h1-2,5,12H,3-4H2;1-2H3. The summed E-state index contributed by atoms with van der Waals surface area (Å²) in [6.07, 6.45) is 2.68. The fraction of sp³-hybridized carbons (Fsp3) is 0.444. The van der Waals surface area contributed by atoms with Gasteiger partial charge in [-0.1, -0.05) is 31.5 Å². The quantitative estimate of drug-likeness (QED) is 0.352. The summed E-state index contributed by atoms with van der Waals surface area (Å²) in [5, 5.41) is 0.537. The molecular formula is C9H14ClINOP. The minimum Gasteiger partial charge on any atom is -0.351 e. The molecule has 80 valence electrons. The van der Waals surface area contributed by atoms with Gasteiger partial charge in [-0.05, 0) is 40.1 Å². The Bertz CT molecular complexity index is 233. The average molecular weight is 346 g/mol. The van der Waals surface area contributed by atoms with Crippen molar-refractivity contribution in [1.82, 2.24) is 4.98 Å². The first-order valence-electron chi connectivity index (χ1n) is 4.41. The molecule has 0 fully saturated rings. The molecule has 1 unspecified atom stereocenters. The molecule has 14 heavy (non-hydrogen) atoms. The molecular weight excluding hydrogens is 331 g/mol. The van der Waals surface area contributed by atoms with E-state index in [0.29, 0.717) is 11.6 Å². The van der Waals surface area contributed by atoms with Gasteiger partial charge >= 0.3 is 0 Å². The first kappa shape index (κ1) is 14.6. The molecule has 0 amide bonds. The van der Waals surface area contributed by atoms with Gasteiger partial charge in [-0.25, -0.2) is 4.98 Å². The topological polar surface area (TPSA) is 22.1 Å². The van der Waals surface area contributed by atoms with Crippen LogP contribution in [0.15, 0.2) is 18.3 Å². The van der Waals surface area contributed by atoms with E-state index in [0.717, 1.165) is 18.6 Å². The van der Waals surface area contributed by atoms with Crippen LogP contribution in [0.1, 0.15) is 19.4 Å². The van der Waals surface area contributed by atoms with Gasteiger partial charge < -0.3 is 4.52 Å². The van der Waals surface area contributed by atoms with Gasteiger partial charge in [0.25, 0.3) is 0 Å². The molecule has 0 saturated heterocycles. The van der Waals surface area contributed by atoms with E-state index in [-0.39, 0.29) is 0 Å². The zero-order valence-corrected chi connectivity index (χ0v) is 12.2. The Hall–Kier alpha value is 0.560. The second kappa shape index (κ2) is 10.1. The molecule has 0 bridgehead atoms. The molecule has 0 aliphatic carbocycles. The number of aromatic nitrogens is 1. The van der Waals surface area contributed by atoms with Crippen LogP contribution >= 0.6 is 40.1 Å². The predicted octanol–water partition coefficient (Wildman–Crippen LogP) is 4.26. The Morgan fingerprint density at radius 3 is 2.71 bits per heavy atom.